The molecule has 0 radical (unpaired) electrons. The molecule has 0 saturated heterocycles. The fourth-order valence-corrected chi connectivity index (χ4v) is 11.9. The van der Waals surface area contributed by atoms with Gasteiger partial charge in [0.1, 0.15) is 12.4 Å². The van der Waals surface area contributed by atoms with E-state index in [9.17, 15) is 24.9 Å². The third-order valence-corrected chi connectivity index (χ3v) is 14.7. The maximum absolute atomic E-state index is 13.4. The lowest BCUT2D eigenvalue weighted by Gasteiger charge is -2.71. The first-order chi connectivity index (χ1) is 21.2. The van der Waals surface area contributed by atoms with Crippen LogP contribution in [0.15, 0.2) is 42.0 Å². The van der Waals surface area contributed by atoms with Crippen molar-refractivity contribution in [3.05, 3.63) is 47.6 Å². The number of aliphatic hydroxyl groups is 1. The number of carboxylic acid groups (broad SMARTS) is 1. The zero-order valence-electron chi connectivity index (χ0n) is 28.1. The van der Waals surface area contributed by atoms with Crippen molar-refractivity contribution in [1.29, 1.82) is 0 Å². The number of hydrogen-bond donors (Lipinski definition) is 3. The SMILES string of the molecule is C[C@@H]1[C@H]2C3=CC[C@@H]4[C@@]5(C)CC[C@H](O)C(C)(C)[C@@H]5CC[C@@]4(C)[C@]3(COC(=O)C=Cc3ccc(O)cc3)C[C@H](C(=O)O)[C@@H]2CC[C@H]1C. The van der Waals surface area contributed by atoms with Crippen LogP contribution in [-0.4, -0.2) is 40.0 Å². The predicted molar refractivity (Wildman–Crippen MR) is 175 cm³/mol. The van der Waals surface area contributed by atoms with Gasteiger partial charge >= 0.3 is 11.9 Å². The molecule has 6 rings (SSSR count). The monoisotopic (exact) mass is 618 g/mol. The Morgan fingerprint density at radius 1 is 0.978 bits per heavy atom. The molecule has 246 valence electrons. The van der Waals surface area contributed by atoms with Crippen LogP contribution in [0, 0.1) is 63.1 Å². The van der Waals surface area contributed by atoms with Crippen LogP contribution < -0.4 is 0 Å². The van der Waals surface area contributed by atoms with Crippen molar-refractivity contribution in [2.45, 2.75) is 99.0 Å². The van der Waals surface area contributed by atoms with Crippen molar-refractivity contribution in [2.75, 3.05) is 6.61 Å². The van der Waals surface area contributed by atoms with E-state index in [0.29, 0.717) is 30.1 Å². The van der Waals surface area contributed by atoms with Crippen LogP contribution in [0.3, 0.4) is 0 Å². The largest absolute Gasteiger partial charge is 0.508 e. The number of phenolic OH excluding ortho intramolecular Hbond substituents is 1. The standard InChI is InChI=1S/C39H54O6/c1-23-7-13-27-28(35(43)44)21-39(22-45-33(42)16-10-25-8-11-26(40)12-9-25)29(34(27)24(23)2)14-15-31-37(5)19-18-32(41)36(3,4)30(37)17-20-38(31,39)6/h8-12,14,16,23-24,27-28,30-32,34,40-41H,7,13,15,17-22H2,1-6H3,(H,43,44)/t23-,24+,27+,28+,30+,31-,32+,34-,37+,38-,39+/m1/s1. The molecule has 0 aliphatic heterocycles. The van der Waals surface area contributed by atoms with Gasteiger partial charge in [0.05, 0.1) is 12.0 Å². The van der Waals surface area contributed by atoms with Crippen LogP contribution >= 0.6 is 0 Å². The number of benzene rings is 1. The third-order valence-electron chi connectivity index (χ3n) is 14.7. The second kappa shape index (κ2) is 11.3. The Hall–Kier alpha value is -2.60. The molecule has 0 bridgehead atoms. The fourth-order valence-electron chi connectivity index (χ4n) is 11.9. The molecule has 6 nitrogen and oxygen atoms in total. The van der Waals surface area contributed by atoms with Gasteiger partial charge < -0.3 is 20.1 Å². The Balaban J connectivity index is 1.43. The number of phenols is 1. The van der Waals surface area contributed by atoms with E-state index in [4.69, 9.17) is 4.74 Å². The molecule has 3 N–H and O–H groups in total. The lowest BCUT2D eigenvalue weighted by Crippen LogP contribution is -2.66. The highest BCUT2D eigenvalue weighted by atomic mass is 16.5. The summed E-state index contributed by atoms with van der Waals surface area (Å²) < 4.78 is 6.25. The summed E-state index contributed by atoms with van der Waals surface area (Å²) in [6.45, 7) is 14.1. The summed E-state index contributed by atoms with van der Waals surface area (Å²) in [5.74, 6) is 0.366. The molecule has 0 amide bonds. The number of carbonyl (C=O) groups is 2. The molecule has 0 unspecified atom stereocenters. The van der Waals surface area contributed by atoms with Crippen LogP contribution in [0.4, 0.5) is 0 Å². The lowest BCUT2D eigenvalue weighted by atomic mass is 9.33. The van der Waals surface area contributed by atoms with Crippen LogP contribution in [0.25, 0.3) is 6.08 Å². The number of ether oxygens (including phenoxy) is 1. The number of hydrogen-bond acceptors (Lipinski definition) is 5. The average molecular weight is 619 g/mol. The lowest BCUT2D eigenvalue weighted by molar-refractivity contribution is -0.217. The highest BCUT2D eigenvalue weighted by molar-refractivity contribution is 5.87. The van der Waals surface area contributed by atoms with Gasteiger partial charge in [0.15, 0.2) is 0 Å². The number of allylic oxidation sites excluding steroid dienone is 1. The number of aliphatic hydroxyl groups excluding tert-OH is 1. The van der Waals surface area contributed by atoms with Crippen LogP contribution in [0.2, 0.25) is 0 Å². The normalized spacial score (nSPS) is 43.7. The number of aliphatic carboxylic acids is 1. The van der Waals surface area contributed by atoms with Crippen molar-refractivity contribution < 1.29 is 29.6 Å². The Kier molecular flexibility index (Phi) is 8.11. The van der Waals surface area contributed by atoms with Crippen molar-refractivity contribution >= 4 is 18.0 Å². The van der Waals surface area contributed by atoms with E-state index < -0.39 is 23.3 Å². The second-order valence-corrected chi connectivity index (χ2v) is 16.7. The van der Waals surface area contributed by atoms with Crippen LogP contribution in [0.1, 0.15) is 98.5 Å². The summed E-state index contributed by atoms with van der Waals surface area (Å²) in [5.41, 5.74) is 1.15. The van der Waals surface area contributed by atoms with Gasteiger partial charge in [0, 0.05) is 11.5 Å². The highest BCUT2D eigenvalue weighted by Gasteiger charge is 2.70. The number of fused-ring (bicyclic) bond motifs is 7. The number of carboxylic acids is 1. The first-order valence-electron chi connectivity index (χ1n) is 17.4. The quantitative estimate of drug-likeness (QED) is 0.176. The molecule has 1 aromatic carbocycles. The molecular formula is C39H54O6. The molecule has 1 aromatic rings. The molecule has 11 atom stereocenters. The third kappa shape index (κ3) is 4.91. The first-order valence-corrected chi connectivity index (χ1v) is 17.4. The van der Waals surface area contributed by atoms with E-state index in [-0.39, 0.29) is 46.5 Å². The molecule has 6 heteroatoms. The molecule has 5 aliphatic carbocycles. The van der Waals surface area contributed by atoms with Crippen molar-refractivity contribution in [2.24, 2.45) is 63.1 Å². The predicted octanol–water partition coefficient (Wildman–Crippen LogP) is 7.89. The van der Waals surface area contributed by atoms with Gasteiger partial charge in [-0.15, -0.1) is 0 Å². The number of aromatic hydroxyl groups is 1. The summed E-state index contributed by atoms with van der Waals surface area (Å²) in [4.78, 5) is 26.5. The molecule has 4 saturated carbocycles. The minimum Gasteiger partial charge on any atom is -0.508 e. The van der Waals surface area contributed by atoms with Crippen LogP contribution in [0.5, 0.6) is 5.75 Å². The second-order valence-electron chi connectivity index (χ2n) is 16.7. The van der Waals surface area contributed by atoms with Gasteiger partial charge in [-0.05, 0) is 120 Å². The van der Waals surface area contributed by atoms with Crippen molar-refractivity contribution in [3.63, 3.8) is 0 Å². The van der Waals surface area contributed by atoms with E-state index in [0.717, 1.165) is 50.5 Å². The number of esters is 1. The Bertz CT molecular complexity index is 1380. The van der Waals surface area contributed by atoms with E-state index >= 15 is 0 Å². The molecule has 0 aromatic heterocycles. The maximum Gasteiger partial charge on any atom is 0.330 e. The maximum atomic E-state index is 13.4. The highest BCUT2D eigenvalue weighted by Crippen LogP contribution is 2.75. The molecule has 0 heterocycles. The zero-order chi connectivity index (χ0) is 32.5. The fraction of sp³-hybridized carbons (Fsp3) is 0.692. The van der Waals surface area contributed by atoms with Crippen LogP contribution in [-0.2, 0) is 14.3 Å². The summed E-state index contributed by atoms with van der Waals surface area (Å²) in [7, 11) is 0. The van der Waals surface area contributed by atoms with E-state index in [2.05, 4.69) is 47.6 Å². The minimum absolute atomic E-state index is 0.00538. The van der Waals surface area contributed by atoms with Gasteiger partial charge in [0.2, 0.25) is 0 Å². The van der Waals surface area contributed by atoms with E-state index in [1.807, 2.05) is 0 Å². The van der Waals surface area contributed by atoms with Crippen molar-refractivity contribution in [1.82, 2.24) is 0 Å². The van der Waals surface area contributed by atoms with E-state index in [1.165, 1.54) is 11.6 Å². The van der Waals surface area contributed by atoms with Gasteiger partial charge in [-0.2, -0.15) is 0 Å². The summed E-state index contributed by atoms with van der Waals surface area (Å²) >= 11 is 0. The number of carbonyl (C=O) groups excluding carboxylic acids is 1. The van der Waals surface area contributed by atoms with Gasteiger partial charge in [-0.1, -0.05) is 71.7 Å². The zero-order valence-corrected chi connectivity index (χ0v) is 28.1. The van der Waals surface area contributed by atoms with Crippen molar-refractivity contribution in [3.8, 4) is 5.75 Å². The smallest absolute Gasteiger partial charge is 0.330 e. The van der Waals surface area contributed by atoms with Gasteiger partial charge in [0.25, 0.3) is 0 Å². The summed E-state index contributed by atoms with van der Waals surface area (Å²) in [6.07, 6.45) is 12.4. The van der Waals surface area contributed by atoms with Gasteiger partial charge in [-0.3, -0.25) is 4.79 Å². The number of rotatable bonds is 5. The minimum atomic E-state index is -0.712. The Morgan fingerprint density at radius 2 is 1.69 bits per heavy atom. The Morgan fingerprint density at radius 3 is 2.38 bits per heavy atom. The average Bonchev–Trinajstić information content (AvgIpc) is 2.99. The summed E-state index contributed by atoms with van der Waals surface area (Å²) in [6, 6.07) is 6.67. The summed E-state index contributed by atoms with van der Waals surface area (Å²) in [5, 5.41) is 31.5. The molecule has 0 spiro atoms. The van der Waals surface area contributed by atoms with E-state index in [1.54, 1.807) is 30.3 Å². The first kappa shape index (κ1) is 32.3. The molecule has 5 aliphatic rings. The Labute approximate surface area is 269 Å². The topological polar surface area (TPSA) is 104 Å². The molecule has 45 heavy (non-hydrogen) atoms. The molecular weight excluding hydrogens is 564 g/mol. The molecule has 4 fully saturated rings. The van der Waals surface area contributed by atoms with Gasteiger partial charge in [-0.25, -0.2) is 4.79 Å².